The molecule has 1 aliphatic rings. The van der Waals surface area contributed by atoms with Crippen molar-refractivity contribution in [2.45, 2.75) is 123 Å². The first kappa shape index (κ1) is 43.3. The Morgan fingerprint density at radius 2 is 1.68 bits per heavy atom. The van der Waals surface area contributed by atoms with E-state index in [1.807, 2.05) is 57.2 Å². The van der Waals surface area contributed by atoms with Crippen LogP contribution in [0.5, 0.6) is 0 Å². The Hall–Kier alpha value is -4.10. The van der Waals surface area contributed by atoms with Crippen LogP contribution in [0.2, 0.25) is 0 Å². The number of hydrogen-bond acceptors (Lipinski definition) is 9. The fraction of sp³-hybridized carbons (Fsp3) is 0.650. The summed E-state index contributed by atoms with van der Waals surface area (Å²) in [5.74, 6) is -2.81. The van der Waals surface area contributed by atoms with E-state index in [0.717, 1.165) is 30.5 Å². The Labute approximate surface area is 315 Å². The summed E-state index contributed by atoms with van der Waals surface area (Å²) >= 11 is 0. The van der Waals surface area contributed by atoms with E-state index >= 15 is 0 Å². The van der Waals surface area contributed by atoms with E-state index in [4.69, 9.17) is 9.47 Å². The summed E-state index contributed by atoms with van der Waals surface area (Å²) in [6.07, 6.45) is 3.25. The number of methoxy groups -OCH3 is 2. The number of anilines is 1. The number of aliphatic carboxylic acids is 1. The zero-order valence-corrected chi connectivity index (χ0v) is 33.2. The van der Waals surface area contributed by atoms with E-state index in [9.17, 15) is 24.3 Å². The Bertz CT molecular complexity index is 1490. The number of nitrogens with one attached hydrogen (secondary N) is 2. The molecule has 13 heteroatoms. The van der Waals surface area contributed by atoms with Gasteiger partial charge in [0.2, 0.25) is 23.7 Å². The number of carbonyl (C=O) groups excluding carboxylic acids is 3. The largest absolute Gasteiger partial charge is 0.480 e. The van der Waals surface area contributed by atoms with E-state index in [1.165, 1.54) is 7.11 Å². The van der Waals surface area contributed by atoms with Gasteiger partial charge in [-0.25, -0.2) is 14.8 Å². The molecule has 1 aromatic heterocycles. The molecular weight excluding hydrogens is 676 g/mol. The average molecular weight is 739 g/mol. The highest BCUT2D eigenvalue weighted by molar-refractivity contribution is 5.86. The van der Waals surface area contributed by atoms with Crippen molar-refractivity contribution in [1.29, 1.82) is 0 Å². The highest BCUT2D eigenvalue weighted by Crippen LogP contribution is 2.30. The van der Waals surface area contributed by atoms with Crippen LogP contribution >= 0.6 is 0 Å². The second kappa shape index (κ2) is 20.4. The lowest BCUT2D eigenvalue weighted by Gasteiger charge is -2.40. The van der Waals surface area contributed by atoms with E-state index < -0.39 is 60.1 Å². The molecule has 0 bridgehead atoms. The molecule has 3 amide bonds. The number of likely N-dealkylation sites (N-methyl/N-ethyl adjacent to an activating group) is 1. The zero-order chi connectivity index (χ0) is 39.4. The summed E-state index contributed by atoms with van der Waals surface area (Å²) in [6, 6.07) is 8.46. The standard InChI is InChI=1S/C40H62N6O7/c1-11-25(5)35(45(8)38(49)33(24(3)4)44-40-41-21-20-29(12-2)42-40)31(52-9)23-32(47)46-22-16-19-30(46)36(53-10)27(7)37(48)43-34(39(50)51)26(6)28-17-14-13-15-18-28/h13-15,17-18,20-21,24-27,30-31,33-36H,11-12,16,19,22-23H2,1-10H3,(H,43,48)(H,50,51)(H,41,42,44)/t25-,26?,27+,30-,31+,33-,34?,35-,36+/m0/s1. The molecule has 2 unspecified atom stereocenters. The van der Waals surface area contributed by atoms with Crippen molar-refractivity contribution in [3.8, 4) is 0 Å². The van der Waals surface area contributed by atoms with Gasteiger partial charge in [-0.05, 0) is 42.7 Å². The van der Waals surface area contributed by atoms with Crippen molar-refractivity contribution >= 4 is 29.6 Å². The summed E-state index contributed by atoms with van der Waals surface area (Å²) in [4.78, 5) is 66.6. The number of aromatic nitrogens is 2. The molecule has 53 heavy (non-hydrogen) atoms. The van der Waals surface area contributed by atoms with Gasteiger partial charge in [-0.3, -0.25) is 14.4 Å². The lowest BCUT2D eigenvalue weighted by Crippen LogP contribution is -2.56. The molecule has 1 aromatic carbocycles. The number of rotatable bonds is 20. The quantitative estimate of drug-likeness (QED) is 0.173. The van der Waals surface area contributed by atoms with Gasteiger partial charge in [-0.15, -0.1) is 0 Å². The molecule has 294 valence electrons. The molecule has 9 atom stereocenters. The van der Waals surface area contributed by atoms with Crippen molar-refractivity contribution in [3.63, 3.8) is 0 Å². The number of ether oxygens (including phenoxy) is 2. The van der Waals surface area contributed by atoms with Crippen LogP contribution < -0.4 is 10.6 Å². The van der Waals surface area contributed by atoms with Crippen LogP contribution in [0.3, 0.4) is 0 Å². The van der Waals surface area contributed by atoms with Gasteiger partial charge < -0.3 is 35.0 Å². The van der Waals surface area contributed by atoms with Crippen molar-refractivity contribution in [2.75, 3.05) is 33.1 Å². The number of carboxylic acids is 1. The predicted octanol–water partition coefficient (Wildman–Crippen LogP) is 4.77. The third-order valence-corrected chi connectivity index (χ3v) is 10.9. The van der Waals surface area contributed by atoms with Crippen molar-refractivity contribution in [2.24, 2.45) is 17.8 Å². The number of aryl methyl sites for hydroxylation is 1. The SMILES string of the molecule is CCc1ccnc(N[C@H](C(=O)N(C)[C@@H]([C@@H](C)CC)[C@@H](CC(=O)N2CCC[C@H]2[C@H](OC)[C@@H](C)C(=O)NC(C(=O)O)C(C)c2ccccc2)OC)C(C)C)n1. The minimum Gasteiger partial charge on any atom is -0.480 e. The maximum atomic E-state index is 14.2. The van der Waals surface area contributed by atoms with E-state index in [1.54, 1.807) is 44.0 Å². The highest BCUT2D eigenvalue weighted by Gasteiger charge is 2.43. The second-order valence-electron chi connectivity index (χ2n) is 14.7. The zero-order valence-electron chi connectivity index (χ0n) is 33.2. The normalized spacial score (nSPS) is 19.0. The topological polar surface area (TPSA) is 163 Å². The number of carboxylic acid groups (broad SMARTS) is 1. The Morgan fingerprint density at radius 3 is 2.25 bits per heavy atom. The first-order valence-electron chi connectivity index (χ1n) is 19.0. The van der Waals surface area contributed by atoms with Crippen LogP contribution in [-0.2, 0) is 35.1 Å². The Balaban J connectivity index is 1.79. The highest BCUT2D eigenvalue weighted by atomic mass is 16.5. The van der Waals surface area contributed by atoms with E-state index in [0.29, 0.717) is 18.9 Å². The van der Waals surface area contributed by atoms with Crippen molar-refractivity contribution < 1.29 is 33.8 Å². The second-order valence-corrected chi connectivity index (χ2v) is 14.7. The first-order chi connectivity index (χ1) is 25.2. The lowest BCUT2D eigenvalue weighted by molar-refractivity contribution is -0.147. The minimum atomic E-state index is -1.15. The predicted molar refractivity (Wildman–Crippen MR) is 204 cm³/mol. The summed E-state index contributed by atoms with van der Waals surface area (Å²) in [5.41, 5.74) is 1.67. The molecule has 3 N–H and O–H groups in total. The molecule has 2 aromatic rings. The molecule has 3 rings (SSSR count). The van der Waals surface area contributed by atoms with Gasteiger partial charge in [0.1, 0.15) is 12.1 Å². The van der Waals surface area contributed by atoms with Crippen LogP contribution in [0, 0.1) is 17.8 Å². The Kier molecular flexibility index (Phi) is 16.7. The number of benzene rings is 1. The fourth-order valence-electron chi connectivity index (χ4n) is 7.48. The fourth-order valence-corrected chi connectivity index (χ4v) is 7.48. The Morgan fingerprint density at radius 1 is 1.00 bits per heavy atom. The number of likely N-dealkylation sites (tertiary alicyclic amines) is 1. The first-order valence-corrected chi connectivity index (χ1v) is 19.0. The molecule has 2 heterocycles. The van der Waals surface area contributed by atoms with Crippen LogP contribution in [0.15, 0.2) is 42.6 Å². The summed E-state index contributed by atoms with van der Waals surface area (Å²) in [5, 5.41) is 16.0. The number of amides is 3. The van der Waals surface area contributed by atoms with Crippen LogP contribution in [0.1, 0.15) is 91.3 Å². The molecular formula is C40H62N6O7. The molecule has 0 spiro atoms. The number of carbonyl (C=O) groups is 4. The number of hydrogen-bond donors (Lipinski definition) is 3. The number of nitrogens with zero attached hydrogens (tertiary/aromatic N) is 4. The van der Waals surface area contributed by atoms with Gasteiger partial charge >= 0.3 is 5.97 Å². The lowest BCUT2D eigenvalue weighted by atomic mass is 9.89. The van der Waals surface area contributed by atoms with Gasteiger partial charge in [0.25, 0.3) is 0 Å². The van der Waals surface area contributed by atoms with Crippen molar-refractivity contribution in [1.82, 2.24) is 25.1 Å². The molecule has 1 aliphatic heterocycles. The third-order valence-electron chi connectivity index (χ3n) is 10.9. The molecule has 13 nitrogen and oxygen atoms in total. The summed E-state index contributed by atoms with van der Waals surface area (Å²) in [6.45, 7) is 14.0. The minimum absolute atomic E-state index is 0.000503. The van der Waals surface area contributed by atoms with Gasteiger partial charge in [-0.1, -0.05) is 85.2 Å². The van der Waals surface area contributed by atoms with Crippen LogP contribution in [0.25, 0.3) is 0 Å². The maximum Gasteiger partial charge on any atom is 0.326 e. The van der Waals surface area contributed by atoms with E-state index in [2.05, 4.69) is 34.4 Å². The van der Waals surface area contributed by atoms with Gasteiger partial charge in [0.05, 0.1) is 36.6 Å². The van der Waals surface area contributed by atoms with E-state index in [-0.39, 0.29) is 30.1 Å². The molecule has 1 saturated heterocycles. The maximum absolute atomic E-state index is 14.2. The average Bonchev–Trinajstić information content (AvgIpc) is 3.65. The molecule has 0 aliphatic carbocycles. The van der Waals surface area contributed by atoms with Gasteiger partial charge in [0, 0.05) is 45.6 Å². The molecule has 0 saturated carbocycles. The monoisotopic (exact) mass is 738 g/mol. The van der Waals surface area contributed by atoms with Crippen molar-refractivity contribution in [3.05, 3.63) is 53.9 Å². The smallest absolute Gasteiger partial charge is 0.326 e. The summed E-state index contributed by atoms with van der Waals surface area (Å²) in [7, 11) is 4.84. The van der Waals surface area contributed by atoms with Gasteiger partial charge in [-0.2, -0.15) is 0 Å². The van der Waals surface area contributed by atoms with Crippen LogP contribution in [0.4, 0.5) is 5.95 Å². The molecule has 0 radical (unpaired) electrons. The molecule has 1 fully saturated rings. The van der Waals surface area contributed by atoms with Gasteiger partial charge in [0.15, 0.2) is 0 Å². The summed E-state index contributed by atoms with van der Waals surface area (Å²) < 4.78 is 11.9. The van der Waals surface area contributed by atoms with Crippen LogP contribution in [-0.4, -0.2) is 113 Å². The third kappa shape index (κ3) is 11.0.